The number of aromatic amines is 1. The van der Waals surface area contributed by atoms with Gasteiger partial charge in [-0.3, -0.25) is 14.6 Å². The van der Waals surface area contributed by atoms with E-state index in [1.165, 1.54) is 35.1 Å². The number of anilines is 1. The molecule has 4 aromatic rings. The molecule has 1 saturated carbocycles. The number of carbonyl (C=O) groups excluding carboxylic acids is 1. The molecule has 1 fully saturated rings. The molecular formula is C22H18F4N6O3. The predicted octanol–water partition coefficient (Wildman–Crippen LogP) is 4.60. The number of aromatic nitrogens is 5. The topological polar surface area (TPSA) is 111 Å². The molecule has 4 heterocycles. The van der Waals surface area contributed by atoms with Gasteiger partial charge in [0.1, 0.15) is 18.1 Å². The Hall–Kier alpha value is -4.00. The van der Waals surface area contributed by atoms with E-state index in [9.17, 15) is 22.4 Å². The number of pyridine rings is 1. The summed E-state index contributed by atoms with van der Waals surface area (Å²) in [5.41, 5.74) is 1.30. The number of furan rings is 1. The van der Waals surface area contributed by atoms with Gasteiger partial charge < -0.3 is 14.5 Å². The predicted molar refractivity (Wildman–Crippen MR) is 114 cm³/mol. The quantitative estimate of drug-likeness (QED) is 0.289. The van der Waals surface area contributed by atoms with Crippen LogP contribution in [0.3, 0.4) is 0 Å². The smallest absolute Gasteiger partial charge is 0.411 e. The molecular weight excluding hydrogens is 472 g/mol. The van der Waals surface area contributed by atoms with Gasteiger partial charge in [0, 0.05) is 12.4 Å². The van der Waals surface area contributed by atoms with E-state index in [0.717, 1.165) is 0 Å². The van der Waals surface area contributed by atoms with Crippen molar-refractivity contribution < 1.29 is 31.5 Å². The Morgan fingerprint density at radius 1 is 1.26 bits per heavy atom. The largest absolute Gasteiger partial charge is 0.451 e. The highest BCUT2D eigenvalue weighted by Crippen LogP contribution is 2.37. The molecule has 1 aliphatic rings. The first kappa shape index (κ1) is 22.8. The van der Waals surface area contributed by atoms with Gasteiger partial charge >= 0.3 is 6.18 Å². The zero-order valence-corrected chi connectivity index (χ0v) is 17.9. The van der Waals surface area contributed by atoms with Crippen molar-refractivity contribution in [1.29, 1.82) is 0 Å². The maximum atomic E-state index is 13.8. The molecule has 0 radical (unpaired) electrons. The van der Waals surface area contributed by atoms with E-state index in [1.54, 1.807) is 18.5 Å². The molecule has 1 amide bonds. The van der Waals surface area contributed by atoms with Gasteiger partial charge in [0.25, 0.3) is 5.91 Å². The van der Waals surface area contributed by atoms with Gasteiger partial charge in [0.2, 0.25) is 5.95 Å². The van der Waals surface area contributed by atoms with Gasteiger partial charge in [0.15, 0.2) is 5.76 Å². The van der Waals surface area contributed by atoms with Crippen molar-refractivity contribution in [2.75, 3.05) is 11.9 Å². The van der Waals surface area contributed by atoms with E-state index in [2.05, 4.69) is 25.6 Å². The summed E-state index contributed by atoms with van der Waals surface area (Å²) in [5.74, 6) is -0.839. The Labute approximate surface area is 195 Å². The molecule has 13 heteroatoms. The summed E-state index contributed by atoms with van der Waals surface area (Å²) in [7, 11) is 0. The Morgan fingerprint density at radius 2 is 2.09 bits per heavy atom. The summed E-state index contributed by atoms with van der Waals surface area (Å²) in [6.45, 7) is -1.31. The molecule has 35 heavy (non-hydrogen) atoms. The number of alkyl halides is 3. The van der Waals surface area contributed by atoms with Crippen LogP contribution in [0.2, 0.25) is 0 Å². The summed E-state index contributed by atoms with van der Waals surface area (Å²) >= 11 is 0. The maximum absolute atomic E-state index is 13.8. The van der Waals surface area contributed by atoms with Gasteiger partial charge in [-0.2, -0.15) is 27.8 Å². The second kappa shape index (κ2) is 8.98. The molecule has 1 aliphatic carbocycles. The van der Waals surface area contributed by atoms with Crippen molar-refractivity contribution in [3.63, 3.8) is 0 Å². The zero-order chi connectivity index (χ0) is 24.6. The second-order valence-electron chi connectivity index (χ2n) is 8.00. The van der Waals surface area contributed by atoms with Crippen LogP contribution in [0.15, 0.2) is 53.3 Å². The van der Waals surface area contributed by atoms with Gasteiger partial charge in [-0.1, -0.05) is 6.07 Å². The lowest BCUT2D eigenvalue weighted by Gasteiger charge is -2.35. The molecule has 0 atom stereocenters. The lowest BCUT2D eigenvalue weighted by molar-refractivity contribution is -0.196. The summed E-state index contributed by atoms with van der Waals surface area (Å²) in [5, 5.41) is 13.6. The average Bonchev–Trinajstić information content (AvgIpc) is 3.52. The van der Waals surface area contributed by atoms with Crippen LogP contribution in [0.4, 0.5) is 23.2 Å². The van der Waals surface area contributed by atoms with Crippen molar-refractivity contribution in [3.05, 3.63) is 60.6 Å². The minimum atomic E-state index is -4.40. The molecule has 0 unspecified atom stereocenters. The molecule has 4 aromatic heterocycles. The standard InChI is InChI=1S/C22H18F4N6O3/c23-19-3-1-2-15(29-19)20-16(10-32(31-20)13-6-14(7-13)34-11-22(24,25)26)30-21(33)18-5-4-17(35-18)12-8-27-28-9-12/h1-5,8-10,13-14H,6-7,11H2,(H,27,28)(H,30,33). The Morgan fingerprint density at radius 3 is 2.80 bits per heavy atom. The molecule has 0 bridgehead atoms. The summed E-state index contributed by atoms with van der Waals surface area (Å²) < 4.78 is 62.9. The first-order valence-electron chi connectivity index (χ1n) is 10.6. The number of ether oxygens (including phenoxy) is 1. The van der Waals surface area contributed by atoms with Crippen LogP contribution in [0.25, 0.3) is 22.7 Å². The number of carbonyl (C=O) groups is 1. The highest BCUT2D eigenvalue weighted by Gasteiger charge is 2.37. The summed E-state index contributed by atoms with van der Waals surface area (Å²) in [4.78, 5) is 16.7. The highest BCUT2D eigenvalue weighted by atomic mass is 19.4. The monoisotopic (exact) mass is 490 g/mol. The summed E-state index contributed by atoms with van der Waals surface area (Å²) in [6, 6.07) is 7.03. The van der Waals surface area contributed by atoms with Crippen LogP contribution in [-0.4, -0.2) is 49.8 Å². The Kier molecular flexibility index (Phi) is 5.84. The number of halogens is 4. The minimum absolute atomic E-state index is 0.0244. The van der Waals surface area contributed by atoms with Gasteiger partial charge in [-0.05, 0) is 37.1 Å². The first-order chi connectivity index (χ1) is 16.7. The number of rotatable bonds is 7. The molecule has 5 rings (SSSR count). The number of nitrogens with one attached hydrogen (secondary N) is 2. The van der Waals surface area contributed by atoms with Crippen molar-refractivity contribution in [1.82, 2.24) is 25.0 Å². The van der Waals surface area contributed by atoms with Crippen LogP contribution in [0.5, 0.6) is 0 Å². The van der Waals surface area contributed by atoms with Gasteiger partial charge in [0.05, 0.1) is 35.3 Å². The average molecular weight is 490 g/mol. The molecule has 0 saturated heterocycles. The normalized spacial score (nSPS) is 17.8. The fourth-order valence-corrected chi connectivity index (χ4v) is 3.69. The van der Waals surface area contributed by atoms with Crippen LogP contribution in [0.1, 0.15) is 29.4 Å². The number of nitrogens with zero attached hydrogens (tertiary/aromatic N) is 4. The van der Waals surface area contributed by atoms with Gasteiger partial charge in [-0.15, -0.1) is 0 Å². The van der Waals surface area contributed by atoms with E-state index in [4.69, 9.17) is 9.15 Å². The van der Waals surface area contributed by atoms with E-state index in [0.29, 0.717) is 24.2 Å². The van der Waals surface area contributed by atoms with Crippen molar-refractivity contribution in [3.8, 4) is 22.7 Å². The van der Waals surface area contributed by atoms with Crippen molar-refractivity contribution in [2.24, 2.45) is 0 Å². The SMILES string of the molecule is O=C(Nc1cn(C2CC(OCC(F)(F)F)C2)nc1-c1cccc(F)n1)c1ccc(-c2cn[nH]c2)o1. The number of hydrogen-bond donors (Lipinski definition) is 2. The number of amides is 1. The van der Waals surface area contributed by atoms with Crippen molar-refractivity contribution >= 4 is 11.6 Å². The van der Waals surface area contributed by atoms with Crippen LogP contribution >= 0.6 is 0 Å². The maximum Gasteiger partial charge on any atom is 0.411 e. The molecule has 2 N–H and O–H groups in total. The lowest BCUT2D eigenvalue weighted by Crippen LogP contribution is -2.36. The van der Waals surface area contributed by atoms with Crippen LogP contribution in [-0.2, 0) is 4.74 Å². The van der Waals surface area contributed by atoms with E-state index < -0.39 is 30.7 Å². The van der Waals surface area contributed by atoms with E-state index in [-0.39, 0.29) is 28.9 Å². The fourth-order valence-electron chi connectivity index (χ4n) is 3.69. The third-order valence-corrected chi connectivity index (χ3v) is 5.48. The second-order valence-corrected chi connectivity index (χ2v) is 8.00. The number of H-pyrrole nitrogens is 1. The third kappa shape index (κ3) is 5.09. The minimum Gasteiger partial charge on any atom is -0.451 e. The van der Waals surface area contributed by atoms with Crippen LogP contribution in [0, 0.1) is 5.95 Å². The van der Waals surface area contributed by atoms with Gasteiger partial charge in [-0.25, -0.2) is 4.98 Å². The molecule has 0 spiro atoms. The third-order valence-electron chi connectivity index (χ3n) is 5.48. The van der Waals surface area contributed by atoms with E-state index in [1.807, 2.05) is 0 Å². The highest BCUT2D eigenvalue weighted by molar-refractivity contribution is 6.04. The first-order valence-corrected chi connectivity index (χ1v) is 10.6. The fraction of sp³-hybridized carbons (Fsp3) is 0.273. The summed E-state index contributed by atoms with van der Waals surface area (Å²) in [6.07, 6.45) is 0.369. The Bertz CT molecular complexity index is 1330. The zero-order valence-electron chi connectivity index (χ0n) is 17.9. The van der Waals surface area contributed by atoms with Crippen LogP contribution < -0.4 is 5.32 Å². The molecule has 0 aromatic carbocycles. The van der Waals surface area contributed by atoms with Crippen molar-refractivity contribution in [2.45, 2.75) is 31.2 Å². The molecule has 9 nitrogen and oxygen atoms in total. The molecule has 182 valence electrons. The Balaban J connectivity index is 1.35. The number of hydrogen-bond acceptors (Lipinski definition) is 6. The molecule has 0 aliphatic heterocycles. The lowest BCUT2D eigenvalue weighted by atomic mass is 9.89. The van der Waals surface area contributed by atoms with E-state index >= 15 is 0 Å².